The Morgan fingerprint density at radius 1 is 1.03 bits per heavy atom. The van der Waals surface area contributed by atoms with Gasteiger partial charge in [-0.1, -0.05) is 59.8 Å². The Bertz CT molecular complexity index is 1130. The molecule has 3 aromatic rings. The number of phenols is 1. The second-order valence-electron chi connectivity index (χ2n) is 9.56. The number of carbonyl (C=O) groups is 1. The predicted octanol–water partition coefficient (Wildman–Crippen LogP) is 5.51. The minimum atomic E-state index is -0.406. The van der Waals surface area contributed by atoms with Crippen LogP contribution < -0.4 is 5.32 Å². The standard InChI is InChI=1S/C28H35BrN2O4/c29-24-11-7-12-25-27(24)23(16-31(25)20(17-32)18-33)21(19-8-3-1-2-4-9-19)14-15-30-28(35)22-10-5-6-13-26(22)34/h5-7,10-13,16,19-21,32-34H,1-4,8-9,14-15,17-18H2,(H,30,35). The minimum absolute atomic E-state index is 0.0173. The first kappa shape index (κ1) is 25.7. The number of aliphatic hydroxyl groups is 2. The van der Waals surface area contributed by atoms with Crippen LogP contribution in [0, 0.1) is 5.92 Å². The lowest BCUT2D eigenvalue weighted by Gasteiger charge is -2.27. The molecule has 1 aromatic heterocycles. The summed E-state index contributed by atoms with van der Waals surface area (Å²) < 4.78 is 3.00. The van der Waals surface area contributed by atoms with E-state index in [0.29, 0.717) is 12.5 Å². The number of benzene rings is 2. The third kappa shape index (κ3) is 5.74. The summed E-state index contributed by atoms with van der Waals surface area (Å²) in [5, 5.41) is 34.0. The molecule has 1 atom stereocenters. The van der Waals surface area contributed by atoms with Gasteiger partial charge in [0.05, 0.1) is 24.8 Å². The Balaban J connectivity index is 1.66. The maximum absolute atomic E-state index is 12.7. The number of hydrogen-bond acceptors (Lipinski definition) is 4. The summed E-state index contributed by atoms with van der Waals surface area (Å²) in [4.78, 5) is 12.7. The smallest absolute Gasteiger partial charge is 0.255 e. The molecule has 35 heavy (non-hydrogen) atoms. The van der Waals surface area contributed by atoms with Crippen molar-refractivity contribution >= 4 is 32.7 Å². The molecule has 7 heteroatoms. The lowest BCUT2D eigenvalue weighted by Crippen LogP contribution is -2.27. The van der Waals surface area contributed by atoms with Gasteiger partial charge in [-0.3, -0.25) is 4.79 Å². The second-order valence-corrected chi connectivity index (χ2v) is 10.4. The van der Waals surface area contributed by atoms with E-state index in [2.05, 4.69) is 27.4 Å². The van der Waals surface area contributed by atoms with Crippen LogP contribution >= 0.6 is 15.9 Å². The highest BCUT2D eigenvalue weighted by atomic mass is 79.9. The average Bonchev–Trinajstić information content (AvgIpc) is 3.04. The molecule has 1 saturated carbocycles. The van der Waals surface area contributed by atoms with Crippen molar-refractivity contribution in [2.45, 2.75) is 56.9 Å². The molecule has 188 valence electrons. The Morgan fingerprint density at radius 3 is 2.43 bits per heavy atom. The summed E-state index contributed by atoms with van der Waals surface area (Å²) in [5.41, 5.74) is 2.47. The topological polar surface area (TPSA) is 94.7 Å². The van der Waals surface area contributed by atoms with Crippen LogP contribution in [0.4, 0.5) is 0 Å². The fourth-order valence-corrected chi connectivity index (χ4v) is 6.16. The fourth-order valence-electron chi connectivity index (χ4n) is 5.58. The van der Waals surface area contributed by atoms with Crippen LogP contribution in [-0.4, -0.2) is 45.6 Å². The molecule has 4 N–H and O–H groups in total. The molecule has 0 spiro atoms. The zero-order valence-corrected chi connectivity index (χ0v) is 21.6. The highest BCUT2D eigenvalue weighted by molar-refractivity contribution is 9.10. The van der Waals surface area contributed by atoms with Crippen LogP contribution in [-0.2, 0) is 0 Å². The molecule has 1 aliphatic rings. The number of rotatable bonds is 9. The fraction of sp³-hybridized carbons (Fsp3) is 0.464. The van der Waals surface area contributed by atoms with Gasteiger partial charge in [0.25, 0.3) is 5.91 Å². The third-order valence-electron chi connectivity index (χ3n) is 7.41. The van der Waals surface area contributed by atoms with E-state index in [4.69, 9.17) is 0 Å². The Kier molecular flexibility index (Phi) is 8.87. The molecule has 4 rings (SSSR count). The molecular formula is C28H35BrN2O4. The number of para-hydroxylation sites is 1. The molecule has 1 unspecified atom stereocenters. The van der Waals surface area contributed by atoms with E-state index in [1.165, 1.54) is 37.3 Å². The van der Waals surface area contributed by atoms with Crippen molar-refractivity contribution in [3.8, 4) is 5.75 Å². The molecule has 0 radical (unpaired) electrons. The number of phenolic OH excluding ortho intramolecular Hbond substituents is 1. The number of aromatic nitrogens is 1. The Labute approximate surface area is 215 Å². The van der Waals surface area contributed by atoms with E-state index in [1.807, 2.05) is 22.8 Å². The predicted molar refractivity (Wildman–Crippen MR) is 142 cm³/mol. The lowest BCUT2D eigenvalue weighted by atomic mass is 9.79. The molecular weight excluding hydrogens is 508 g/mol. The number of aromatic hydroxyl groups is 1. The third-order valence-corrected chi connectivity index (χ3v) is 8.07. The van der Waals surface area contributed by atoms with E-state index in [-0.39, 0.29) is 36.4 Å². The van der Waals surface area contributed by atoms with Crippen LogP contribution in [0.1, 0.15) is 72.8 Å². The van der Waals surface area contributed by atoms with Crippen LogP contribution in [0.2, 0.25) is 0 Å². The Hall–Kier alpha value is -2.35. The second kappa shape index (κ2) is 12.1. The minimum Gasteiger partial charge on any atom is -0.507 e. The van der Waals surface area contributed by atoms with E-state index >= 15 is 0 Å². The summed E-state index contributed by atoms with van der Waals surface area (Å²) >= 11 is 3.76. The van der Waals surface area contributed by atoms with Crippen molar-refractivity contribution in [3.63, 3.8) is 0 Å². The molecule has 0 saturated heterocycles. The molecule has 0 bridgehead atoms. The van der Waals surface area contributed by atoms with Gasteiger partial charge in [0.1, 0.15) is 5.75 Å². The van der Waals surface area contributed by atoms with Crippen LogP contribution in [0.25, 0.3) is 10.9 Å². The highest BCUT2D eigenvalue weighted by Crippen LogP contribution is 2.43. The van der Waals surface area contributed by atoms with E-state index in [1.54, 1.807) is 18.2 Å². The monoisotopic (exact) mass is 542 g/mol. The van der Waals surface area contributed by atoms with E-state index in [9.17, 15) is 20.1 Å². The van der Waals surface area contributed by atoms with Crippen molar-refractivity contribution in [3.05, 3.63) is 64.3 Å². The van der Waals surface area contributed by atoms with Crippen molar-refractivity contribution in [2.24, 2.45) is 5.92 Å². The van der Waals surface area contributed by atoms with Gasteiger partial charge in [-0.2, -0.15) is 0 Å². The van der Waals surface area contributed by atoms with Gasteiger partial charge in [0, 0.05) is 28.1 Å². The Morgan fingerprint density at radius 2 is 1.74 bits per heavy atom. The van der Waals surface area contributed by atoms with Gasteiger partial charge in [-0.05, 0) is 60.9 Å². The first-order chi connectivity index (χ1) is 17.0. The number of nitrogens with one attached hydrogen (secondary N) is 1. The van der Waals surface area contributed by atoms with E-state index in [0.717, 1.165) is 34.6 Å². The zero-order valence-electron chi connectivity index (χ0n) is 20.0. The number of aliphatic hydroxyl groups excluding tert-OH is 2. The molecule has 1 heterocycles. The summed E-state index contributed by atoms with van der Waals surface area (Å²) in [6, 6.07) is 12.2. The van der Waals surface area contributed by atoms with Gasteiger partial charge < -0.3 is 25.2 Å². The first-order valence-electron chi connectivity index (χ1n) is 12.6. The number of amides is 1. The van der Waals surface area contributed by atoms with Crippen molar-refractivity contribution in [1.29, 1.82) is 0 Å². The maximum atomic E-state index is 12.7. The van der Waals surface area contributed by atoms with Crippen molar-refractivity contribution < 1.29 is 20.1 Å². The van der Waals surface area contributed by atoms with E-state index < -0.39 is 6.04 Å². The SMILES string of the molecule is O=C(NCCC(c1cn(C(CO)CO)c2cccc(Br)c12)C1CCCCCC1)c1ccccc1O. The highest BCUT2D eigenvalue weighted by Gasteiger charge is 2.29. The van der Waals surface area contributed by atoms with Crippen LogP contribution in [0.3, 0.4) is 0 Å². The van der Waals surface area contributed by atoms with Crippen LogP contribution in [0.5, 0.6) is 5.75 Å². The quantitative estimate of drug-likeness (QED) is 0.268. The van der Waals surface area contributed by atoms with Crippen molar-refractivity contribution in [2.75, 3.05) is 19.8 Å². The van der Waals surface area contributed by atoms with Gasteiger partial charge >= 0.3 is 0 Å². The largest absolute Gasteiger partial charge is 0.507 e. The van der Waals surface area contributed by atoms with Crippen molar-refractivity contribution in [1.82, 2.24) is 9.88 Å². The average molecular weight is 544 g/mol. The molecule has 2 aromatic carbocycles. The summed E-state index contributed by atoms with van der Waals surface area (Å²) in [6.45, 7) is 0.211. The molecule has 1 amide bonds. The number of nitrogens with zero attached hydrogens (tertiary/aromatic N) is 1. The number of carbonyl (C=O) groups excluding carboxylic acids is 1. The van der Waals surface area contributed by atoms with Crippen LogP contribution in [0.15, 0.2) is 53.1 Å². The van der Waals surface area contributed by atoms with Gasteiger partial charge in [0.15, 0.2) is 0 Å². The number of fused-ring (bicyclic) bond motifs is 1. The summed E-state index contributed by atoms with van der Waals surface area (Å²) in [6.07, 6.45) is 10.1. The molecule has 1 fully saturated rings. The van der Waals surface area contributed by atoms with Gasteiger partial charge in [-0.25, -0.2) is 0 Å². The molecule has 6 nitrogen and oxygen atoms in total. The zero-order chi connectivity index (χ0) is 24.8. The van der Waals surface area contributed by atoms with Gasteiger partial charge in [0.2, 0.25) is 0 Å². The summed E-state index contributed by atoms with van der Waals surface area (Å²) in [7, 11) is 0. The summed E-state index contributed by atoms with van der Waals surface area (Å²) in [5.74, 6) is 0.425. The first-order valence-corrected chi connectivity index (χ1v) is 13.4. The lowest BCUT2D eigenvalue weighted by molar-refractivity contribution is 0.0948. The number of halogens is 1. The maximum Gasteiger partial charge on any atom is 0.255 e. The normalized spacial score (nSPS) is 15.9. The molecule has 1 aliphatic carbocycles. The molecule has 0 aliphatic heterocycles. The number of hydrogen-bond donors (Lipinski definition) is 4. The van der Waals surface area contributed by atoms with Gasteiger partial charge in [-0.15, -0.1) is 0 Å².